The standard InChI is InChI=1S/2C37H43F2N8O7P.2C5H14NO.H2O.H2/c2*1-3-35(26(2)54-55(49,50)51)47-36(48)46(25-42-47)31-7-5-29(6-8-31)43-14-16-44(17-15-43)30-9-11-32(12-10-30)52-20-27-19-37(53-21-27,22-45-24-40-23-41-45)33-13-4-28(38)18-34(33)39;2*1-6(2,3)4-5-7;;/h2*4-13,18,23-27,35H,3,14-17,19-22H2,1-2H3,(H2,49,50,51);2*7H,4-5H2,1-3H3;1H2;1H/q;;2*+1;;/p-2/t2*26-,27+,35-,37-;;;;/m00..../s1/i;;;;;1+1. The van der Waals surface area contributed by atoms with Crippen LogP contribution in [0.15, 0.2) is 181 Å². The lowest BCUT2D eigenvalue weighted by molar-refractivity contribution is -0.870. The second kappa shape index (κ2) is 43.0. The molecule has 0 saturated carbocycles. The Balaban J connectivity index is 0.000000244. The van der Waals surface area contributed by atoms with E-state index in [1.165, 1.54) is 81.9 Å². The van der Waals surface area contributed by atoms with Gasteiger partial charge >= 0.3 is 19.2 Å². The number of phosphoric ester groups is 2. The van der Waals surface area contributed by atoms with Gasteiger partial charge in [0, 0.05) is 112 Å². The summed E-state index contributed by atoms with van der Waals surface area (Å²) in [6, 6.07) is 36.8. The van der Waals surface area contributed by atoms with E-state index in [4.69, 9.17) is 43.1 Å². The predicted octanol–water partition coefficient (Wildman–Crippen LogP) is 8.19. The second-order valence-electron chi connectivity index (χ2n) is 33.2. The zero-order valence-corrected chi connectivity index (χ0v) is 73.6. The molecule has 0 spiro atoms. The summed E-state index contributed by atoms with van der Waals surface area (Å²) in [5.41, 5.74) is 3.00. The van der Waals surface area contributed by atoms with Crippen LogP contribution >= 0.6 is 15.6 Å². The SMILES string of the molecule is CC[C@@H]([C@H](C)OP(=O)(O)O)n1ncn(-c2ccc(N3CCN(c4ccc(OC[C@@H]5CO[C@@](Cn6cncn6)(c6ccc(F)cc6F)C5)cc4)CC3)cc2)c1=O.CC[C@@H]([C@H](C)OP(=O)([O-])O)n1ncn(-c2ccc(N3CCN(c4ccc(OC[C@@H]5CO[C@@](Cn6cncn6)(c6ccc(F)cc6F)C5)cc4)CC3)cc2)c1=O.C[N+](C)(C)CCO.C[N+](C)(C)CCO.[2HH].[OH-]. The summed E-state index contributed by atoms with van der Waals surface area (Å²) in [5.74, 6) is -1.28. The molecule has 8 heterocycles. The Bertz CT molecular complexity index is 4920. The van der Waals surface area contributed by atoms with Gasteiger partial charge < -0.3 is 87.3 Å². The number of hydrogen-bond acceptors (Lipinski definition) is 24. The average molecular weight is 1790 g/mol. The Kier molecular flexibility index (Phi) is 33.4. The van der Waals surface area contributed by atoms with Gasteiger partial charge in [0.15, 0.2) is 0 Å². The molecule has 4 saturated heterocycles. The number of piperazine rings is 2. The van der Waals surface area contributed by atoms with E-state index in [0.29, 0.717) is 75.0 Å². The molecule has 1 unspecified atom stereocenters. The van der Waals surface area contributed by atoms with Crippen LogP contribution in [0.3, 0.4) is 0 Å². The van der Waals surface area contributed by atoms with Crippen LogP contribution in [0.1, 0.15) is 78.0 Å². The summed E-state index contributed by atoms with van der Waals surface area (Å²) in [5, 5.41) is 33.5. The number of aliphatic hydroxyl groups is 2. The lowest BCUT2D eigenvalue weighted by atomic mass is 9.87. The summed E-state index contributed by atoms with van der Waals surface area (Å²) in [6.07, 6.45) is 8.41. The fraction of sp³-hybridized carbons (Fsp3) is 0.476. The van der Waals surface area contributed by atoms with Crippen molar-refractivity contribution in [3.05, 3.63) is 227 Å². The van der Waals surface area contributed by atoms with Crippen molar-refractivity contribution in [3.8, 4) is 22.9 Å². The first-order valence-electron chi connectivity index (χ1n) is 41.1. The van der Waals surface area contributed by atoms with Gasteiger partial charge in [0.25, 0.3) is 7.82 Å². The molecule has 0 amide bonds. The maximum absolute atomic E-state index is 15.0. The molecule has 125 heavy (non-hydrogen) atoms. The highest BCUT2D eigenvalue weighted by molar-refractivity contribution is 7.46. The van der Waals surface area contributed by atoms with Gasteiger partial charge in [-0.05, 0) is 149 Å². The lowest BCUT2D eigenvalue weighted by Gasteiger charge is -2.37. The van der Waals surface area contributed by atoms with E-state index in [2.05, 4.69) is 92.2 Å². The summed E-state index contributed by atoms with van der Waals surface area (Å²) in [6.45, 7) is 17.0. The van der Waals surface area contributed by atoms with E-state index in [-0.39, 0.29) is 56.2 Å². The van der Waals surface area contributed by atoms with Crippen LogP contribution in [-0.4, -0.2) is 257 Å². The number of quaternary nitrogens is 2. The molecule has 4 aliphatic heterocycles. The number of hydrogen-bond donors (Lipinski definition) is 5. The van der Waals surface area contributed by atoms with Crippen molar-refractivity contribution in [2.45, 2.75) is 102 Å². The number of phosphoric acid groups is 2. The minimum absolute atomic E-state index is 0. The molecule has 10 aromatic rings. The Morgan fingerprint density at radius 2 is 0.832 bits per heavy atom. The molecule has 6 aromatic carbocycles. The van der Waals surface area contributed by atoms with Crippen molar-refractivity contribution >= 4 is 38.4 Å². The molecule has 682 valence electrons. The van der Waals surface area contributed by atoms with Crippen LogP contribution in [0.5, 0.6) is 11.5 Å². The summed E-state index contributed by atoms with van der Waals surface area (Å²) >= 11 is 0. The third-order valence-corrected chi connectivity index (χ3v) is 23.2. The number of anilines is 4. The van der Waals surface area contributed by atoms with Gasteiger partial charge in [0.05, 0.1) is 131 Å². The molecule has 6 N–H and O–H groups in total. The van der Waals surface area contributed by atoms with Gasteiger partial charge in [-0.15, -0.1) is 0 Å². The third-order valence-electron chi connectivity index (χ3n) is 22.0. The smallest absolute Gasteiger partial charge is 0.469 e. The molecule has 0 radical (unpaired) electrons. The quantitative estimate of drug-likeness (QED) is 0.0151. The monoisotopic (exact) mass is 1790 g/mol. The maximum Gasteiger partial charge on any atom is 0.469 e. The largest absolute Gasteiger partial charge is 0.870 e. The molecule has 4 aromatic heterocycles. The highest BCUT2D eigenvalue weighted by Crippen LogP contribution is 2.45. The van der Waals surface area contributed by atoms with E-state index in [1.807, 2.05) is 97.1 Å². The molecule has 0 bridgehead atoms. The summed E-state index contributed by atoms with van der Waals surface area (Å²) < 4.78 is 124. The number of aliphatic hydroxyl groups excluding tert-OH is 2. The molecule has 41 heteroatoms. The van der Waals surface area contributed by atoms with Gasteiger partial charge in [-0.25, -0.2) is 69.5 Å². The minimum Gasteiger partial charge on any atom is -0.870 e. The van der Waals surface area contributed by atoms with Gasteiger partial charge in [-0.1, -0.05) is 26.0 Å². The third kappa shape index (κ3) is 26.5. The van der Waals surface area contributed by atoms with Crippen LogP contribution in [0, 0.1) is 35.1 Å². The number of likely N-dealkylation sites (N-methyl/N-ethyl adjacent to an activating group) is 2. The van der Waals surface area contributed by atoms with E-state index in [1.54, 1.807) is 35.9 Å². The number of rotatable bonds is 32. The van der Waals surface area contributed by atoms with Crippen LogP contribution in [-0.2, 0) is 51.9 Å². The van der Waals surface area contributed by atoms with Crippen LogP contribution in [0.2, 0.25) is 0 Å². The van der Waals surface area contributed by atoms with Gasteiger partial charge in [-0.2, -0.15) is 20.4 Å². The van der Waals surface area contributed by atoms with Crippen molar-refractivity contribution in [1.82, 2.24) is 58.2 Å². The highest BCUT2D eigenvalue weighted by atomic mass is 31.2. The second-order valence-corrected chi connectivity index (χ2v) is 35.6. The molecule has 14 rings (SSSR count). The molecule has 9 atom stereocenters. The molecular formula is C84H116F4N18O17P2. The first-order chi connectivity index (χ1) is 58.9. The molecule has 4 fully saturated rings. The number of aromatic nitrogens is 12. The lowest BCUT2D eigenvalue weighted by Crippen LogP contribution is -2.46. The van der Waals surface area contributed by atoms with Crippen molar-refractivity contribution in [2.75, 3.05) is 167 Å². The summed E-state index contributed by atoms with van der Waals surface area (Å²) in [4.78, 5) is 82.3. The van der Waals surface area contributed by atoms with E-state index in [0.717, 1.165) is 109 Å². The van der Waals surface area contributed by atoms with Crippen LogP contribution in [0.25, 0.3) is 11.4 Å². The number of nitrogens with zero attached hydrogens (tertiary/aromatic N) is 18. The molecule has 4 aliphatic rings. The van der Waals surface area contributed by atoms with Crippen molar-refractivity contribution in [3.63, 3.8) is 0 Å². The van der Waals surface area contributed by atoms with Gasteiger partial charge in [0.1, 0.15) is 97.0 Å². The first-order valence-corrected chi connectivity index (χ1v) is 44.1. The van der Waals surface area contributed by atoms with Gasteiger partial charge in [0.2, 0.25) is 0 Å². The number of benzene rings is 6. The van der Waals surface area contributed by atoms with Crippen molar-refractivity contribution in [1.29, 1.82) is 0 Å². The summed E-state index contributed by atoms with van der Waals surface area (Å²) in [7, 11) is 2.60. The Hall–Kier alpha value is -10.1. The minimum atomic E-state index is -4.98. The maximum atomic E-state index is 15.0. The fourth-order valence-corrected chi connectivity index (χ4v) is 16.8. The Morgan fingerprint density at radius 3 is 1.11 bits per heavy atom. The van der Waals surface area contributed by atoms with Crippen LogP contribution in [0.4, 0.5) is 40.3 Å². The van der Waals surface area contributed by atoms with Crippen molar-refractivity contribution in [2.24, 2.45) is 11.8 Å². The molecule has 35 nitrogen and oxygen atoms in total. The van der Waals surface area contributed by atoms with E-state index in [9.17, 15) is 51.0 Å². The Morgan fingerprint density at radius 1 is 0.504 bits per heavy atom. The topological polar surface area (TPSA) is 398 Å². The normalized spacial score (nSPS) is 19.5. The molecular weight excluding hydrogens is 1670 g/mol. The number of halogens is 4. The first kappa shape index (κ1) is 97.1. The predicted molar refractivity (Wildman–Crippen MR) is 458 cm³/mol. The average Bonchev–Trinajstić information content (AvgIpc) is 1.60. The van der Waals surface area contributed by atoms with Crippen molar-refractivity contribution < 1.29 is 100 Å². The van der Waals surface area contributed by atoms with E-state index >= 15 is 0 Å². The van der Waals surface area contributed by atoms with Gasteiger partial charge in [-0.3, -0.25) is 9.09 Å². The Labute approximate surface area is 724 Å². The zero-order chi connectivity index (χ0) is 89.3. The number of ether oxygens (including phenoxy) is 4. The molecule has 0 aliphatic carbocycles. The fourth-order valence-electron chi connectivity index (χ4n) is 15.6. The van der Waals surface area contributed by atoms with E-state index < -0.39 is 85.8 Å². The zero-order valence-electron chi connectivity index (χ0n) is 71.8. The highest BCUT2D eigenvalue weighted by Gasteiger charge is 2.47. The van der Waals surface area contributed by atoms with Crippen LogP contribution < -0.4 is 45.3 Å².